The summed E-state index contributed by atoms with van der Waals surface area (Å²) in [4.78, 5) is 22.9. The molecule has 7 nitrogen and oxygen atoms in total. The van der Waals surface area contributed by atoms with E-state index in [0.29, 0.717) is 35.1 Å². The fraction of sp³-hybridized carbons (Fsp3) is 0.125. The van der Waals surface area contributed by atoms with Crippen LogP contribution in [0.5, 0.6) is 0 Å². The Labute approximate surface area is 180 Å². The largest absolute Gasteiger partial charge is 0.465 e. The van der Waals surface area contributed by atoms with E-state index in [-0.39, 0.29) is 0 Å². The van der Waals surface area contributed by atoms with Gasteiger partial charge in [0.25, 0.3) is 0 Å². The highest BCUT2D eigenvalue weighted by molar-refractivity contribution is 5.99. The first-order valence-electron chi connectivity index (χ1n) is 9.94. The molecule has 0 fully saturated rings. The topological polar surface area (TPSA) is 93.4 Å². The number of nitrogens with zero attached hydrogens (tertiary/aromatic N) is 3. The zero-order valence-electron chi connectivity index (χ0n) is 17.4. The predicted molar refractivity (Wildman–Crippen MR) is 124 cm³/mol. The molecule has 31 heavy (non-hydrogen) atoms. The summed E-state index contributed by atoms with van der Waals surface area (Å²) < 4.78 is 4.87. The Morgan fingerprint density at radius 3 is 2.58 bits per heavy atom. The summed E-state index contributed by atoms with van der Waals surface area (Å²) in [5.41, 5.74) is 8.84. The van der Waals surface area contributed by atoms with Gasteiger partial charge < -0.3 is 20.7 Å². The zero-order chi connectivity index (χ0) is 21.8. The number of nitrogen functional groups attached to an aromatic ring is 1. The molecule has 0 aliphatic carbocycles. The number of fused-ring (bicyclic) bond motifs is 1. The first kappa shape index (κ1) is 20.2. The lowest BCUT2D eigenvalue weighted by atomic mass is 10.1. The smallest absolute Gasteiger partial charge is 0.339 e. The van der Waals surface area contributed by atoms with E-state index in [2.05, 4.69) is 38.4 Å². The van der Waals surface area contributed by atoms with Crippen LogP contribution in [0.4, 0.5) is 28.7 Å². The Kier molecular flexibility index (Phi) is 5.66. The van der Waals surface area contributed by atoms with Crippen LogP contribution in [0.2, 0.25) is 0 Å². The van der Waals surface area contributed by atoms with Crippen molar-refractivity contribution in [2.45, 2.75) is 6.92 Å². The number of anilines is 5. The van der Waals surface area contributed by atoms with Gasteiger partial charge in [-0.15, -0.1) is 0 Å². The molecule has 4 rings (SSSR count). The average molecular weight is 413 g/mol. The van der Waals surface area contributed by atoms with E-state index >= 15 is 0 Å². The molecule has 0 saturated heterocycles. The molecule has 0 atom stereocenters. The second kappa shape index (κ2) is 8.71. The van der Waals surface area contributed by atoms with Gasteiger partial charge in [-0.05, 0) is 30.5 Å². The normalized spacial score (nSPS) is 10.6. The van der Waals surface area contributed by atoms with E-state index in [9.17, 15) is 4.79 Å². The fourth-order valence-corrected chi connectivity index (χ4v) is 3.59. The van der Waals surface area contributed by atoms with Crippen molar-refractivity contribution in [1.82, 2.24) is 9.97 Å². The number of rotatable bonds is 6. The minimum Gasteiger partial charge on any atom is -0.465 e. The van der Waals surface area contributed by atoms with Crippen LogP contribution in [0, 0.1) is 0 Å². The van der Waals surface area contributed by atoms with Crippen molar-refractivity contribution in [2.75, 3.05) is 29.6 Å². The maximum Gasteiger partial charge on any atom is 0.339 e. The van der Waals surface area contributed by atoms with E-state index in [1.165, 1.54) is 13.4 Å². The van der Waals surface area contributed by atoms with Crippen molar-refractivity contribution >= 4 is 45.4 Å². The van der Waals surface area contributed by atoms with E-state index < -0.39 is 5.97 Å². The van der Waals surface area contributed by atoms with Gasteiger partial charge in [-0.2, -0.15) is 0 Å². The number of carbonyl (C=O) groups is 1. The van der Waals surface area contributed by atoms with Gasteiger partial charge in [-0.1, -0.05) is 48.5 Å². The van der Waals surface area contributed by atoms with Crippen LogP contribution in [0.25, 0.3) is 10.8 Å². The summed E-state index contributed by atoms with van der Waals surface area (Å²) in [7, 11) is 1.35. The molecule has 3 aromatic carbocycles. The number of aromatic nitrogens is 2. The molecule has 0 saturated carbocycles. The van der Waals surface area contributed by atoms with Gasteiger partial charge in [0, 0.05) is 11.9 Å². The summed E-state index contributed by atoms with van der Waals surface area (Å²) in [5, 5.41) is 5.40. The molecule has 3 N–H and O–H groups in total. The number of esters is 1. The van der Waals surface area contributed by atoms with E-state index in [1.54, 1.807) is 18.2 Å². The van der Waals surface area contributed by atoms with Gasteiger partial charge in [0.1, 0.15) is 12.0 Å². The van der Waals surface area contributed by atoms with Gasteiger partial charge >= 0.3 is 5.97 Å². The Bertz CT molecular complexity index is 1240. The highest BCUT2D eigenvalue weighted by Gasteiger charge is 2.19. The summed E-state index contributed by atoms with van der Waals surface area (Å²) in [6, 6.07) is 21.4. The number of carbonyl (C=O) groups excluding carboxylic acids is 1. The first-order chi connectivity index (χ1) is 15.1. The Balaban J connectivity index is 1.76. The second-order valence-electron chi connectivity index (χ2n) is 6.86. The molecule has 1 heterocycles. The van der Waals surface area contributed by atoms with Crippen molar-refractivity contribution < 1.29 is 9.53 Å². The third-order valence-corrected chi connectivity index (χ3v) is 5.08. The van der Waals surface area contributed by atoms with Crippen LogP contribution in [-0.4, -0.2) is 29.6 Å². The van der Waals surface area contributed by atoms with Gasteiger partial charge in [-0.25, -0.2) is 14.8 Å². The molecule has 1 aromatic heterocycles. The zero-order valence-corrected chi connectivity index (χ0v) is 17.4. The quantitative estimate of drug-likeness (QED) is 0.434. The molecule has 0 bridgehead atoms. The lowest BCUT2D eigenvalue weighted by molar-refractivity contribution is 0.0602. The molecule has 0 aliphatic heterocycles. The monoisotopic (exact) mass is 413 g/mol. The number of hydrogen-bond acceptors (Lipinski definition) is 7. The second-order valence-corrected chi connectivity index (χ2v) is 6.86. The summed E-state index contributed by atoms with van der Waals surface area (Å²) in [6.45, 7) is 2.70. The highest BCUT2D eigenvalue weighted by Crippen LogP contribution is 2.36. The molecule has 0 amide bonds. The van der Waals surface area contributed by atoms with Crippen molar-refractivity contribution in [1.29, 1.82) is 0 Å². The number of methoxy groups -OCH3 is 1. The van der Waals surface area contributed by atoms with Crippen LogP contribution < -0.4 is 16.0 Å². The third kappa shape index (κ3) is 3.85. The van der Waals surface area contributed by atoms with Gasteiger partial charge in [-0.3, -0.25) is 0 Å². The third-order valence-electron chi connectivity index (χ3n) is 5.08. The van der Waals surface area contributed by atoms with Crippen molar-refractivity contribution in [3.63, 3.8) is 0 Å². The lowest BCUT2D eigenvalue weighted by Gasteiger charge is -2.25. The van der Waals surface area contributed by atoms with Crippen LogP contribution in [0.15, 0.2) is 73.1 Å². The standard InChI is InChI=1S/C24H23N5O2/c1-3-29(20-14-8-10-16-9-4-5-11-17(16)20)23-21(25)22(26-15-27-23)28-19-13-7-6-12-18(19)24(30)31-2/h4-15H,3,25H2,1-2H3,(H,26,27,28). The SMILES string of the molecule is CCN(c1ncnc(Nc2ccccc2C(=O)OC)c1N)c1cccc2ccccc12. The Morgan fingerprint density at radius 1 is 1.03 bits per heavy atom. The molecular formula is C24H23N5O2. The molecule has 7 heteroatoms. The number of hydrogen-bond donors (Lipinski definition) is 2. The molecule has 0 aliphatic rings. The predicted octanol–water partition coefficient (Wildman–Crippen LogP) is 4.90. The van der Waals surface area contributed by atoms with E-state index in [1.807, 2.05) is 37.3 Å². The number of benzene rings is 3. The van der Waals surface area contributed by atoms with Crippen molar-refractivity contribution in [2.24, 2.45) is 0 Å². The van der Waals surface area contributed by atoms with Gasteiger partial charge in [0.2, 0.25) is 0 Å². The molecule has 156 valence electrons. The highest BCUT2D eigenvalue weighted by atomic mass is 16.5. The summed E-state index contributed by atoms with van der Waals surface area (Å²) >= 11 is 0. The first-order valence-corrected chi connectivity index (χ1v) is 9.94. The molecule has 0 radical (unpaired) electrons. The molecular weight excluding hydrogens is 390 g/mol. The lowest BCUT2D eigenvalue weighted by Crippen LogP contribution is -2.20. The summed E-state index contributed by atoms with van der Waals surface area (Å²) in [6.07, 6.45) is 1.46. The number of nitrogens with one attached hydrogen (secondary N) is 1. The van der Waals surface area contributed by atoms with E-state index in [0.717, 1.165) is 16.5 Å². The van der Waals surface area contributed by atoms with Crippen molar-refractivity contribution in [3.05, 3.63) is 78.6 Å². The minimum atomic E-state index is -0.443. The van der Waals surface area contributed by atoms with Crippen LogP contribution >= 0.6 is 0 Å². The molecule has 4 aromatic rings. The summed E-state index contributed by atoms with van der Waals surface area (Å²) in [5.74, 6) is 0.564. The number of nitrogens with two attached hydrogens (primary N) is 1. The van der Waals surface area contributed by atoms with Crippen LogP contribution in [0.3, 0.4) is 0 Å². The number of ether oxygens (including phenoxy) is 1. The van der Waals surface area contributed by atoms with Crippen LogP contribution in [0.1, 0.15) is 17.3 Å². The molecule has 0 unspecified atom stereocenters. The van der Waals surface area contributed by atoms with Gasteiger partial charge in [0.05, 0.1) is 24.0 Å². The van der Waals surface area contributed by atoms with Gasteiger partial charge in [0.15, 0.2) is 11.6 Å². The maximum atomic E-state index is 12.1. The fourth-order valence-electron chi connectivity index (χ4n) is 3.59. The average Bonchev–Trinajstić information content (AvgIpc) is 2.82. The number of para-hydroxylation sites is 1. The van der Waals surface area contributed by atoms with E-state index in [4.69, 9.17) is 10.5 Å². The Hall–Kier alpha value is -4.13. The van der Waals surface area contributed by atoms with Crippen LogP contribution in [-0.2, 0) is 4.74 Å². The van der Waals surface area contributed by atoms with Crippen molar-refractivity contribution in [3.8, 4) is 0 Å². The Morgan fingerprint density at radius 2 is 1.77 bits per heavy atom. The molecule has 0 spiro atoms. The maximum absolute atomic E-state index is 12.1. The minimum absolute atomic E-state index is 0.386.